The quantitative estimate of drug-likeness (QED) is 0.539. The minimum Gasteiger partial charge on any atom is -0.483 e. The average Bonchev–Trinajstić information content (AvgIpc) is 2.07. The minimum atomic E-state index is -0.553. The molecule has 0 atom stereocenters. The van der Waals surface area contributed by atoms with Crippen LogP contribution in [-0.2, 0) is 4.79 Å². The number of carbonyl (C=O) groups is 2. The van der Waals surface area contributed by atoms with Crippen LogP contribution in [0.5, 0.6) is 0 Å². The van der Waals surface area contributed by atoms with Gasteiger partial charge in [0.05, 0.1) is 0 Å². The largest absolute Gasteiger partial charge is 0.483 e. The molecule has 1 rings (SSSR count). The highest BCUT2D eigenvalue weighted by Gasteiger charge is 1.97. The molecule has 6 nitrogen and oxygen atoms in total. The Morgan fingerprint density at radius 3 is 2.50 bits per heavy atom. The van der Waals surface area contributed by atoms with Crippen molar-refractivity contribution < 1.29 is 14.7 Å². The molecule has 0 spiro atoms. The number of rotatable bonds is 1. The van der Waals surface area contributed by atoms with Crippen molar-refractivity contribution in [1.82, 2.24) is 10.2 Å². The summed E-state index contributed by atoms with van der Waals surface area (Å²) in [5, 5.41) is 13.8. The van der Waals surface area contributed by atoms with Crippen LogP contribution in [-0.4, -0.2) is 27.7 Å². The molecule has 0 aromatic carbocycles. The van der Waals surface area contributed by atoms with Crippen molar-refractivity contribution in [2.45, 2.75) is 0 Å². The van der Waals surface area contributed by atoms with Gasteiger partial charge in [0, 0.05) is 6.20 Å². The second-order valence-electron chi connectivity index (χ2n) is 1.58. The lowest BCUT2D eigenvalue weighted by Crippen LogP contribution is -2.12. The SMILES string of the molecule is NC(=O)c1cccnn1.O=CO. The first kappa shape index (κ1) is 10.0. The third-order valence-electron chi connectivity index (χ3n) is 0.825. The summed E-state index contributed by atoms with van der Waals surface area (Å²) >= 11 is 0. The highest BCUT2D eigenvalue weighted by Crippen LogP contribution is 1.86. The van der Waals surface area contributed by atoms with Crippen LogP contribution in [0.3, 0.4) is 0 Å². The van der Waals surface area contributed by atoms with E-state index < -0.39 is 5.91 Å². The zero-order chi connectivity index (χ0) is 9.40. The van der Waals surface area contributed by atoms with E-state index in [-0.39, 0.29) is 12.2 Å². The molecule has 0 aliphatic heterocycles. The second kappa shape index (κ2) is 5.78. The molecule has 0 unspecified atom stereocenters. The standard InChI is InChI=1S/C5H5N3O.CH2O2/c6-5(9)4-2-1-3-7-8-4;2-1-3/h1-3H,(H2,6,9);1H,(H,2,3). The van der Waals surface area contributed by atoms with E-state index in [4.69, 9.17) is 15.6 Å². The minimum absolute atomic E-state index is 0.192. The van der Waals surface area contributed by atoms with Crippen molar-refractivity contribution in [3.63, 3.8) is 0 Å². The highest BCUT2D eigenvalue weighted by atomic mass is 16.3. The summed E-state index contributed by atoms with van der Waals surface area (Å²) in [4.78, 5) is 18.7. The van der Waals surface area contributed by atoms with E-state index in [1.54, 1.807) is 6.07 Å². The molecule has 0 fully saturated rings. The van der Waals surface area contributed by atoms with Gasteiger partial charge in [-0.05, 0) is 12.1 Å². The number of carboxylic acid groups (broad SMARTS) is 1. The fourth-order valence-electron chi connectivity index (χ4n) is 0.433. The van der Waals surface area contributed by atoms with Crippen LogP contribution in [0.25, 0.3) is 0 Å². The summed E-state index contributed by atoms with van der Waals surface area (Å²) < 4.78 is 0. The number of primary amides is 1. The van der Waals surface area contributed by atoms with Crippen molar-refractivity contribution >= 4 is 12.4 Å². The number of amides is 1. The topological polar surface area (TPSA) is 106 Å². The van der Waals surface area contributed by atoms with E-state index in [1.807, 2.05) is 0 Å². The number of carbonyl (C=O) groups excluding carboxylic acids is 1. The molecule has 1 amide bonds. The molecule has 0 saturated heterocycles. The number of nitrogens with zero attached hydrogens (tertiary/aromatic N) is 2. The van der Waals surface area contributed by atoms with Crippen LogP contribution in [0, 0.1) is 0 Å². The van der Waals surface area contributed by atoms with Gasteiger partial charge < -0.3 is 10.8 Å². The highest BCUT2D eigenvalue weighted by molar-refractivity contribution is 5.90. The normalized spacial score (nSPS) is 7.67. The molecule has 0 aliphatic carbocycles. The molecular weight excluding hydrogens is 162 g/mol. The van der Waals surface area contributed by atoms with E-state index in [0.717, 1.165) is 0 Å². The summed E-state index contributed by atoms with van der Waals surface area (Å²) in [5.41, 5.74) is 5.06. The maximum Gasteiger partial charge on any atom is 0.290 e. The third kappa shape index (κ3) is 3.94. The van der Waals surface area contributed by atoms with Gasteiger partial charge in [0.1, 0.15) is 0 Å². The fourth-order valence-corrected chi connectivity index (χ4v) is 0.433. The fraction of sp³-hybridized carbons (Fsp3) is 0. The van der Waals surface area contributed by atoms with Gasteiger partial charge in [0.25, 0.3) is 12.4 Å². The van der Waals surface area contributed by atoms with Crippen molar-refractivity contribution in [3.8, 4) is 0 Å². The van der Waals surface area contributed by atoms with Crippen LogP contribution in [0.2, 0.25) is 0 Å². The predicted octanol–water partition coefficient (Wildman–Crippen LogP) is -0.724. The first-order valence-corrected chi connectivity index (χ1v) is 2.87. The van der Waals surface area contributed by atoms with Gasteiger partial charge in [0.2, 0.25) is 0 Å². The van der Waals surface area contributed by atoms with Crippen molar-refractivity contribution in [2.24, 2.45) is 5.73 Å². The molecule has 0 aliphatic rings. The van der Waals surface area contributed by atoms with Gasteiger partial charge in [-0.3, -0.25) is 9.59 Å². The molecule has 1 heterocycles. The van der Waals surface area contributed by atoms with E-state index >= 15 is 0 Å². The van der Waals surface area contributed by atoms with Gasteiger partial charge in [-0.2, -0.15) is 5.10 Å². The third-order valence-corrected chi connectivity index (χ3v) is 0.825. The summed E-state index contributed by atoms with van der Waals surface area (Å²) in [5.74, 6) is -0.553. The Hall–Kier alpha value is -1.98. The lowest BCUT2D eigenvalue weighted by atomic mass is 10.4. The number of hydrogen-bond acceptors (Lipinski definition) is 4. The van der Waals surface area contributed by atoms with Gasteiger partial charge in [-0.15, -0.1) is 5.10 Å². The van der Waals surface area contributed by atoms with E-state index in [0.29, 0.717) is 0 Å². The molecule has 1 aromatic heterocycles. The molecule has 64 valence electrons. The Morgan fingerprint density at radius 2 is 2.25 bits per heavy atom. The first-order valence-electron chi connectivity index (χ1n) is 2.87. The molecule has 0 saturated carbocycles. The van der Waals surface area contributed by atoms with Crippen molar-refractivity contribution in [3.05, 3.63) is 24.0 Å². The Bertz CT molecular complexity index is 249. The van der Waals surface area contributed by atoms with Crippen LogP contribution in [0.4, 0.5) is 0 Å². The lowest BCUT2D eigenvalue weighted by molar-refractivity contribution is -0.122. The second-order valence-corrected chi connectivity index (χ2v) is 1.58. The molecule has 1 aromatic rings. The van der Waals surface area contributed by atoms with Crippen molar-refractivity contribution in [2.75, 3.05) is 0 Å². The van der Waals surface area contributed by atoms with Gasteiger partial charge in [-0.1, -0.05) is 0 Å². The zero-order valence-electron chi connectivity index (χ0n) is 6.04. The first-order chi connectivity index (χ1) is 5.72. The Morgan fingerprint density at radius 1 is 1.67 bits per heavy atom. The van der Waals surface area contributed by atoms with Crippen LogP contribution >= 0.6 is 0 Å². The average molecular weight is 169 g/mol. The molecule has 6 heteroatoms. The molecular formula is C6H7N3O3. The summed E-state index contributed by atoms with van der Waals surface area (Å²) in [6.07, 6.45) is 1.48. The van der Waals surface area contributed by atoms with Gasteiger partial charge in [0.15, 0.2) is 5.69 Å². The molecule has 12 heavy (non-hydrogen) atoms. The maximum atomic E-state index is 10.3. The van der Waals surface area contributed by atoms with Crippen molar-refractivity contribution in [1.29, 1.82) is 0 Å². The maximum absolute atomic E-state index is 10.3. The summed E-state index contributed by atoms with van der Waals surface area (Å²) in [6, 6.07) is 3.11. The number of aromatic nitrogens is 2. The summed E-state index contributed by atoms with van der Waals surface area (Å²) in [7, 11) is 0. The summed E-state index contributed by atoms with van der Waals surface area (Å²) in [6.45, 7) is -0.250. The molecule has 0 radical (unpaired) electrons. The predicted molar refractivity (Wildman–Crippen MR) is 39.2 cm³/mol. The molecule has 3 N–H and O–H groups in total. The molecule has 0 bridgehead atoms. The number of hydrogen-bond donors (Lipinski definition) is 2. The van der Waals surface area contributed by atoms with Gasteiger partial charge in [-0.25, -0.2) is 0 Å². The number of nitrogens with two attached hydrogens (primary N) is 1. The van der Waals surface area contributed by atoms with E-state index in [9.17, 15) is 4.79 Å². The Kier molecular flexibility index (Phi) is 4.83. The Balaban J connectivity index is 0.000000354. The Labute approximate surface area is 68.0 Å². The van der Waals surface area contributed by atoms with Crippen LogP contribution in [0.1, 0.15) is 10.5 Å². The lowest BCUT2D eigenvalue weighted by Gasteiger charge is -1.87. The van der Waals surface area contributed by atoms with Crippen LogP contribution < -0.4 is 5.73 Å². The smallest absolute Gasteiger partial charge is 0.290 e. The van der Waals surface area contributed by atoms with E-state index in [1.165, 1.54) is 12.3 Å². The monoisotopic (exact) mass is 169 g/mol. The van der Waals surface area contributed by atoms with E-state index in [2.05, 4.69) is 10.2 Å². The van der Waals surface area contributed by atoms with Gasteiger partial charge >= 0.3 is 0 Å². The van der Waals surface area contributed by atoms with Crippen LogP contribution in [0.15, 0.2) is 18.3 Å². The zero-order valence-corrected chi connectivity index (χ0v) is 6.04.